The smallest absolute Gasteiger partial charge is 0.475 e. The van der Waals surface area contributed by atoms with Crippen LogP contribution >= 0.6 is 0 Å². The second kappa shape index (κ2) is 14.8. The topological polar surface area (TPSA) is 154 Å². The third-order valence-electron chi connectivity index (χ3n) is 5.78. The Morgan fingerprint density at radius 1 is 1.07 bits per heavy atom. The van der Waals surface area contributed by atoms with Crippen LogP contribution in [0.4, 0.5) is 17.6 Å². The Hall–Kier alpha value is -4.44. The van der Waals surface area contributed by atoms with E-state index in [0.29, 0.717) is 51.6 Å². The summed E-state index contributed by atoms with van der Waals surface area (Å²) in [6, 6.07) is 9.14. The van der Waals surface area contributed by atoms with E-state index in [2.05, 4.69) is 25.5 Å². The molecule has 1 unspecified atom stereocenters. The summed E-state index contributed by atoms with van der Waals surface area (Å²) in [5.74, 6) is -4.11. The van der Waals surface area contributed by atoms with E-state index in [0.717, 1.165) is 11.8 Å². The van der Waals surface area contributed by atoms with Gasteiger partial charge in [-0.05, 0) is 5.56 Å². The van der Waals surface area contributed by atoms with Gasteiger partial charge in [-0.25, -0.2) is 9.18 Å². The number of hydrogen-bond acceptors (Lipinski definition) is 8. The molecular formula is C25H27F4N7O5. The number of halogens is 4. The van der Waals surface area contributed by atoms with Crippen molar-refractivity contribution in [2.24, 2.45) is 0 Å². The molecule has 0 bridgehead atoms. The first-order valence-electron chi connectivity index (χ1n) is 12.3. The number of benzene rings is 1. The van der Waals surface area contributed by atoms with Gasteiger partial charge in [0.15, 0.2) is 11.5 Å². The largest absolute Gasteiger partial charge is 0.490 e. The van der Waals surface area contributed by atoms with E-state index in [9.17, 15) is 27.2 Å². The molecule has 2 amide bonds. The van der Waals surface area contributed by atoms with Crippen LogP contribution in [0.15, 0.2) is 55.1 Å². The second-order valence-corrected chi connectivity index (χ2v) is 8.59. The van der Waals surface area contributed by atoms with E-state index in [1.807, 2.05) is 35.2 Å². The van der Waals surface area contributed by atoms with Crippen LogP contribution in [-0.4, -0.2) is 98.4 Å². The predicted molar refractivity (Wildman–Crippen MR) is 134 cm³/mol. The standard InChI is InChI=1S/C23H26FN7O3.C2HF3O2/c24-18-14-28-29-20(18)23(33)31-11-9-30(10-12-31)21(19-15-25-6-7-26-19)22(32)27-8-13-34-16-17-4-2-1-3-5-17;3-2(4,5)1(6)7/h1-7,14-15,21H,8-13,16H2,(H,27,32)(H,28,29);(H,6,7). The van der Waals surface area contributed by atoms with Crippen molar-refractivity contribution in [1.29, 1.82) is 0 Å². The first-order chi connectivity index (χ1) is 19.6. The molecular weight excluding hydrogens is 554 g/mol. The molecule has 16 heteroatoms. The fourth-order valence-corrected chi connectivity index (χ4v) is 3.81. The Morgan fingerprint density at radius 3 is 2.32 bits per heavy atom. The molecule has 4 rings (SSSR count). The van der Waals surface area contributed by atoms with Crippen molar-refractivity contribution >= 4 is 17.8 Å². The summed E-state index contributed by atoms with van der Waals surface area (Å²) in [7, 11) is 0. The molecule has 0 radical (unpaired) electrons. The number of nitrogens with zero attached hydrogens (tertiary/aromatic N) is 5. The zero-order valence-corrected chi connectivity index (χ0v) is 21.6. The Bertz CT molecular complexity index is 1270. The number of aliphatic carboxylic acids is 1. The predicted octanol–water partition coefficient (Wildman–Crippen LogP) is 1.80. The number of H-pyrrole nitrogens is 1. The molecule has 2 aromatic heterocycles. The number of carboxylic acids is 1. The second-order valence-electron chi connectivity index (χ2n) is 8.59. The van der Waals surface area contributed by atoms with Gasteiger partial charge in [0.25, 0.3) is 5.91 Å². The van der Waals surface area contributed by atoms with Crippen LogP contribution in [0.25, 0.3) is 0 Å². The number of ether oxygens (including phenoxy) is 1. The molecule has 41 heavy (non-hydrogen) atoms. The van der Waals surface area contributed by atoms with Crippen molar-refractivity contribution in [2.45, 2.75) is 18.8 Å². The van der Waals surface area contributed by atoms with Crippen LogP contribution in [0.5, 0.6) is 0 Å². The number of rotatable bonds is 9. The SMILES string of the molecule is O=C(NCCOCc1ccccc1)C(c1cnccn1)N1CCN(C(=O)c2[nH]ncc2F)CC1.O=C(O)C(F)(F)F. The number of amides is 2. The van der Waals surface area contributed by atoms with Gasteiger partial charge in [0.1, 0.15) is 6.04 Å². The molecule has 0 spiro atoms. The van der Waals surface area contributed by atoms with Gasteiger partial charge in [-0.3, -0.25) is 29.6 Å². The molecule has 1 fully saturated rings. The fourth-order valence-electron chi connectivity index (χ4n) is 3.81. The highest BCUT2D eigenvalue weighted by Gasteiger charge is 2.38. The third kappa shape index (κ3) is 9.32. The van der Waals surface area contributed by atoms with E-state index >= 15 is 0 Å². The van der Waals surface area contributed by atoms with Crippen LogP contribution < -0.4 is 5.32 Å². The summed E-state index contributed by atoms with van der Waals surface area (Å²) in [6.45, 7) is 2.69. The minimum atomic E-state index is -5.08. The zero-order chi connectivity index (χ0) is 29.8. The maximum Gasteiger partial charge on any atom is 0.490 e. The van der Waals surface area contributed by atoms with Crippen LogP contribution in [0.2, 0.25) is 0 Å². The van der Waals surface area contributed by atoms with Crippen LogP contribution in [0.3, 0.4) is 0 Å². The average molecular weight is 582 g/mol. The minimum Gasteiger partial charge on any atom is -0.475 e. The van der Waals surface area contributed by atoms with Gasteiger partial charge in [-0.2, -0.15) is 18.3 Å². The summed E-state index contributed by atoms with van der Waals surface area (Å²) in [6.07, 6.45) is 0.542. The Labute approximate surface area is 231 Å². The quantitative estimate of drug-likeness (QED) is 0.254. The van der Waals surface area contributed by atoms with Crippen LogP contribution in [0.1, 0.15) is 27.8 Å². The minimum absolute atomic E-state index is 0.160. The van der Waals surface area contributed by atoms with Gasteiger partial charge >= 0.3 is 12.1 Å². The number of aromatic nitrogens is 4. The molecule has 12 nitrogen and oxygen atoms in total. The normalized spacial score (nSPS) is 14.5. The number of piperazine rings is 1. The lowest BCUT2D eigenvalue weighted by Gasteiger charge is -2.38. The number of carbonyl (C=O) groups excluding carboxylic acids is 2. The van der Waals surface area contributed by atoms with Crippen molar-refractivity contribution < 1.29 is 41.8 Å². The van der Waals surface area contributed by atoms with Crippen molar-refractivity contribution in [2.75, 3.05) is 39.3 Å². The lowest BCUT2D eigenvalue weighted by molar-refractivity contribution is -0.192. The molecule has 1 saturated heterocycles. The monoisotopic (exact) mass is 581 g/mol. The number of carbonyl (C=O) groups is 3. The molecule has 3 aromatic rings. The number of carboxylic acid groups (broad SMARTS) is 1. The highest BCUT2D eigenvalue weighted by atomic mass is 19.4. The lowest BCUT2D eigenvalue weighted by atomic mass is 10.1. The Balaban J connectivity index is 0.000000587. The molecule has 1 aromatic carbocycles. The highest BCUT2D eigenvalue weighted by molar-refractivity contribution is 5.92. The molecule has 3 N–H and O–H groups in total. The van der Waals surface area contributed by atoms with Crippen LogP contribution in [0, 0.1) is 5.82 Å². The molecule has 1 aliphatic rings. The molecule has 1 atom stereocenters. The molecule has 220 valence electrons. The number of hydrogen-bond donors (Lipinski definition) is 3. The molecule has 0 aliphatic carbocycles. The van der Waals surface area contributed by atoms with E-state index in [-0.39, 0.29) is 11.6 Å². The van der Waals surface area contributed by atoms with Gasteiger partial charge in [0.05, 0.1) is 31.3 Å². The fraction of sp³-hybridized carbons (Fsp3) is 0.360. The summed E-state index contributed by atoms with van der Waals surface area (Å²) < 4.78 is 51.1. The van der Waals surface area contributed by atoms with Crippen molar-refractivity contribution in [1.82, 2.24) is 35.3 Å². The summed E-state index contributed by atoms with van der Waals surface area (Å²) in [4.78, 5) is 46.5. The molecule has 1 aliphatic heterocycles. The summed E-state index contributed by atoms with van der Waals surface area (Å²) >= 11 is 0. The van der Waals surface area contributed by atoms with Crippen molar-refractivity contribution in [3.63, 3.8) is 0 Å². The first-order valence-corrected chi connectivity index (χ1v) is 12.3. The van der Waals surface area contributed by atoms with Crippen LogP contribution in [-0.2, 0) is 20.9 Å². The van der Waals surface area contributed by atoms with Crippen molar-refractivity contribution in [3.05, 3.63) is 77.9 Å². The van der Waals surface area contributed by atoms with E-state index in [4.69, 9.17) is 14.6 Å². The number of aromatic amines is 1. The average Bonchev–Trinajstić information content (AvgIpc) is 3.39. The van der Waals surface area contributed by atoms with Crippen molar-refractivity contribution in [3.8, 4) is 0 Å². The maximum atomic E-state index is 13.7. The Kier molecular flexibility index (Phi) is 11.2. The van der Waals surface area contributed by atoms with E-state index in [1.165, 1.54) is 4.90 Å². The Morgan fingerprint density at radius 2 is 1.76 bits per heavy atom. The number of nitrogens with one attached hydrogen (secondary N) is 2. The summed E-state index contributed by atoms with van der Waals surface area (Å²) in [5.41, 5.74) is 1.42. The molecule has 3 heterocycles. The first kappa shape index (κ1) is 31.1. The zero-order valence-electron chi connectivity index (χ0n) is 21.6. The van der Waals surface area contributed by atoms with Gasteiger partial charge in [0.2, 0.25) is 5.91 Å². The maximum absolute atomic E-state index is 13.7. The van der Waals surface area contributed by atoms with Gasteiger partial charge in [-0.15, -0.1) is 0 Å². The summed E-state index contributed by atoms with van der Waals surface area (Å²) in [5, 5.41) is 16.0. The van der Waals surface area contributed by atoms with Gasteiger partial charge < -0.3 is 20.1 Å². The van der Waals surface area contributed by atoms with E-state index in [1.54, 1.807) is 18.6 Å². The molecule has 0 saturated carbocycles. The van der Waals surface area contributed by atoms with Gasteiger partial charge in [0, 0.05) is 45.1 Å². The van der Waals surface area contributed by atoms with E-state index < -0.39 is 29.9 Å². The highest BCUT2D eigenvalue weighted by Crippen LogP contribution is 2.21. The third-order valence-corrected chi connectivity index (χ3v) is 5.78. The number of alkyl halides is 3. The lowest BCUT2D eigenvalue weighted by Crippen LogP contribution is -2.53. The van der Waals surface area contributed by atoms with Gasteiger partial charge in [-0.1, -0.05) is 30.3 Å².